The van der Waals surface area contributed by atoms with Crippen molar-refractivity contribution >= 4 is 5.97 Å². The number of nitrogens with zero attached hydrogens (tertiary/aromatic N) is 1. The van der Waals surface area contributed by atoms with E-state index < -0.39 is 0 Å². The maximum atomic E-state index is 11.3. The van der Waals surface area contributed by atoms with Crippen LogP contribution in [0.4, 0.5) is 0 Å². The lowest BCUT2D eigenvalue weighted by atomic mass is 10.00. The van der Waals surface area contributed by atoms with Crippen molar-refractivity contribution in [3.8, 4) is 0 Å². The number of aromatic nitrogens is 1. The summed E-state index contributed by atoms with van der Waals surface area (Å²) in [5.74, 6) is -0.0341. The van der Waals surface area contributed by atoms with E-state index >= 15 is 0 Å². The van der Waals surface area contributed by atoms with Gasteiger partial charge in [0.25, 0.3) is 0 Å². The summed E-state index contributed by atoms with van der Waals surface area (Å²) in [5, 5.41) is 0. The van der Waals surface area contributed by atoms with Crippen molar-refractivity contribution in [2.24, 2.45) is 0 Å². The zero-order valence-electron chi connectivity index (χ0n) is 7.70. The second-order valence-electron chi connectivity index (χ2n) is 3.38. The van der Waals surface area contributed by atoms with Gasteiger partial charge in [-0.2, -0.15) is 0 Å². The summed E-state index contributed by atoms with van der Waals surface area (Å²) in [6.45, 7) is 4.38. The van der Waals surface area contributed by atoms with Gasteiger partial charge in [-0.05, 0) is 19.1 Å². The van der Waals surface area contributed by atoms with Gasteiger partial charge in [-0.25, -0.2) is 4.79 Å². The molecule has 0 bridgehead atoms. The first kappa shape index (κ1) is 8.23. The van der Waals surface area contributed by atoms with Crippen molar-refractivity contribution in [3.63, 3.8) is 0 Å². The first-order valence-corrected chi connectivity index (χ1v) is 4.33. The zero-order valence-corrected chi connectivity index (χ0v) is 7.70. The molecule has 1 atom stereocenters. The van der Waals surface area contributed by atoms with Gasteiger partial charge < -0.3 is 4.74 Å². The third-order valence-corrected chi connectivity index (χ3v) is 2.22. The van der Waals surface area contributed by atoms with E-state index in [2.05, 4.69) is 4.98 Å². The maximum absolute atomic E-state index is 11.3. The molecule has 1 aromatic heterocycles. The van der Waals surface area contributed by atoms with Crippen LogP contribution in [0.3, 0.4) is 0 Å². The number of ether oxygens (including phenoxy) is 1. The molecule has 68 valence electrons. The molecule has 1 aliphatic heterocycles. The van der Waals surface area contributed by atoms with E-state index in [-0.39, 0.29) is 11.9 Å². The lowest BCUT2D eigenvalue weighted by Crippen LogP contribution is -2.22. The van der Waals surface area contributed by atoms with Crippen LogP contribution in [0.2, 0.25) is 0 Å². The van der Waals surface area contributed by atoms with Crippen molar-refractivity contribution in [2.75, 3.05) is 6.61 Å². The van der Waals surface area contributed by atoms with E-state index in [1.807, 2.05) is 19.9 Å². The minimum absolute atomic E-state index is 0.215. The van der Waals surface area contributed by atoms with E-state index in [0.717, 1.165) is 11.4 Å². The van der Waals surface area contributed by atoms with E-state index in [4.69, 9.17) is 4.74 Å². The number of aryl methyl sites for hydroxylation is 1. The van der Waals surface area contributed by atoms with Crippen LogP contribution in [0.15, 0.2) is 12.1 Å². The number of carbonyl (C=O) groups excluding carboxylic acids is 1. The quantitative estimate of drug-likeness (QED) is 0.566. The van der Waals surface area contributed by atoms with Crippen LogP contribution < -0.4 is 0 Å². The normalized spacial score (nSPS) is 20.8. The molecule has 0 unspecified atom stereocenters. The maximum Gasteiger partial charge on any atom is 0.340 e. The topological polar surface area (TPSA) is 39.2 Å². The minimum atomic E-state index is -0.249. The first-order chi connectivity index (χ1) is 6.18. The Balaban J connectivity index is 2.57. The van der Waals surface area contributed by atoms with Gasteiger partial charge in [0.2, 0.25) is 0 Å². The van der Waals surface area contributed by atoms with Crippen molar-refractivity contribution in [1.29, 1.82) is 0 Å². The number of hydrogen-bond acceptors (Lipinski definition) is 3. The minimum Gasteiger partial charge on any atom is -0.461 e. The number of cyclic esters (lactones) is 1. The Hall–Kier alpha value is -1.38. The number of esters is 1. The molecule has 3 nitrogen and oxygen atoms in total. The molecule has 0 saturated carbocycles. The molecule has 0 amide bonds. The largest absolute Gasteiger partial charge is 0.461 e. The van der Waals surface area contributed by atoms with Crippen LogP contribution in [-0.2, 0) is 4.74 Å². The molecule has 0 radical (unpaired) electrons. The molecule has 2 rings (SSSR count). The number of pyridine rings is 1. The molecule has 1 aliphatic rings. The number of carbonyl (C=O) groups is 1. The monoisotopic (exact) mass is 177 g/mol. The highest BCUT2D eigenvalue weighted by molar-refractivity contribution is 5.91. The molecule has 13 heavy (non-hydrogen) atoms. The fourth-order valence-electron chi connectivity index (χ4n) is 1.48. The summed E-state index contributed by atoms with van der Waals surface area (Å²) in [6, 6.07) is 3.62. The molecule has 2 heterocycles. The molecular weight excluding hydrogens is 166 g/mol. The Morgan fingerprint density at radius 2 is 2.31 bits per heavy atom. The summed E-state index contributed by atoms with van der Waals surface area (Å²) < 4.78 is 4.98. The van der Waals surface area contributed by atoms with Gasteiger partial charge in [-0.1, -0.05) is 6.92 Å². The molecule has 0 N–H and O–H groups in total. The highest BCUT2D eigenvalue weighted by Crippen LogP contribution is 2.24. The predicted molar refractivity (Wildman–Crippen MR) is 47.7 cm³/mol. The van der Waals surface area contributed by atoms with Crippen molar-refractivity contribution in [2.45, 2.75) is 19.8 Å². The molecule has 3 heteroatoms. The van der Waals surface area contributed by atoms with Crippen molar-refractivity contribution in [3.05, 3.63) is 29.1 Å². The van der Waals surface area contributed by atoms with Gasteiger partial charge in [0.05, 0.1) is 17.9 Å². The van der Waals surface area contributed by atoms with E-state index in [1.165, 1.54) is 0 Å². The van der Waals surface area contributed by atoms with Crippen molar-refractivity contribution in [1.82, 2.24) is 4.98 Å². The summed E-state index contributed by atoms with van der Waals surface area (Å²) in [7, 11) is 0. The van der Waals surface area contributed by atoms with Gasteiger partial charge >= 0.3 is 5.97 Å². The smallest absolute Gasteiger partial charge is 0.340 e. The molecule has 0 spiro atoms. The molecular formula is C10H11NO2. The molecule has 0 saturated heterocycles. The Bertz CT molecular complexity index is 360. The Morgan fingerprint density at radius 3 is 3.08 bits per heavy atom. The third kappa shape index (κ3) is 1.30. The number of rotatable bonds is 0. The Morgan fingerprint density at radius 1 is 1.54 bits per heavy atom. The fraction of sp³-hybridized carbons (Fsp3) is 0.400. The summed E-state index contributed by atoms with van der Waals surface area (Å²) >= 11 is 0. The average Bonchev–Trinajstić information content (AvgIpc) is 2.12. The first-order valence-electron chi connectivity index (χ1n) is 4.33. The summed E-state index contributed by atoms with van der Waals surface area (Å²) in [5.41, 5.74) is 2.43. The van der Waals surface area contributed by atoms with Gasteiger partial charge in [0.15, 0.2) is 0 Å². The van der Waals surface area contributed by atoms with E-state index in [9.17, 15) is 4.79 Å². The Kier molecular flexibility index (Phi) is 1.79. The number of fused-ring (bicyclic) bond motifs is 1. The van der Waals surface area contributed by atoms with E-state index in [0.29, 0.717) is 12.2 Å². The van der Waals surface area contributed by atoms with Crippen LogP contribution in [0.25, 0.3) is 0 Å². The van der Waals surface area contributed by atoms with Crippen LogP contribution in [0.5, 0.6) is 0 Å². The third-order valence-electron chi connectivity index (χ3n) is 2.22. The average molecular weight is 177 g/mol. The molecule has 0 fully saturated rings. The summed E-state index contributed by atoms with van der Waals surface area (Å²) in [4.78, 5) is 15.6. The van der Waals surface area contributed by atoms with Crippen LogP contribution in [0.1, 0.15) is 34.6 Å². The SMILES string of the molecule is Cc1ccc2c(n1)[C@@H](C)COC2=O. The number of hydrogen-bond donors (Lipinski definition) is 0. The van der Waals surface area contributed by atoms with Gasteiger partial charge in [-0.3, -0.25) is 4.98 Å². The van der Waals surface area contributed by atoms with Gasteiger partial charge in [0.1, 0.15) is 0 Å². The molecule has 1 aromatic rings. The second kappa shape index (κ2) is 2.83. The van der Waals surface area contributed by atoms with Crippen LogP contribution in [0, 0.1) is 6.92 Å². The van der Waals surface area contributed by atoms with Gasteiger partial charge in [0, 0.05) is 11.6 Å². The summed E-state index contributed by atoms with van der Waals surface area (Å²) in [6.07, 6.45) is 0. The highest BCUT2D eigenvalue weighted by atomic mass is 16.5. The van der Waals surface area contributed by atoms with E-state index in [1.54, 1.807) is 6.07 Å². The lowest BCUT2D eigenvalue weighted by molar-refractivity contribution is 0.0444. The van der Waals surface area contributed by atoms with Gasteiger partial charge in [-0.15, -0.1) is 0 Å². The predicted octanol–water partition coefficient (Wildman–Crippen LogP) is 1.66. The lowest BCUT2D eigenvalue weighted by Gasteiger charge is -2.20. The fourth-order valence-corrected chi connectivity index (χ4v) is 1.48. The van der Waals surface area contributed by atoms with Crippen molar-refractivity contribution < 1.29 is 9.53 Å². The molecule has 0 aromatic carbocycles. The zero-order chi connectivity index (χ0) is 9.42. The van der Waals surface area contributed by atoms with Crippen LogP contribution >= 0.6 is 0 Å². The van der Waals surface area contributed by atoms with Crippen LogP contribution in [-0.4, -0.2) is 17.6 Å². The highest BCUT2D eigenvalue weighted by Gasteiger charge is 2.25. The standard InChI is InChI=1S/C10H11NO2/c1-6-5-13-10(12)8-4-3-7(2)11-9(6)8/h3-4,6H,5H2,1-2H3/t6-/m0/s1. The second-order valence-corrected chi connectivity index (χ2v) is 3.38. The Labute approximate surface area is 76.7 Å². The molecule has 0 aliphatic carbocycles.